The molecule has 0 aliphatic carbocycles. The Kier molecular flexibility index (Phi) is 5.00. The van der Waals surface area contributed by atoms with E-state index in [2.05, 4.69) is 13.0 Å². The van der Waals surface area contributed by atoms with E-state index in [4.69, 9.17) is 10.00 Å². The predicted molar refractivity (Wildman–Crippen MR) is 76.2 cm³/mol. The summed E-state index contributed by atoms with van der Waals surface area (Å²) in [5, 5.41) is 8.83. The number of hydrogen-bond donors (Lipinski definition) is 0. The first-order chi connectivity index (χ1) is 9.72. The Balaban J connectivity index is 1.79. The van der Waals surface area contributed by atoms with Gasteiger partial charge in [-0.2, -0.15) is 5.26 Å². The zero-order valence-corrected chi connectivity index (χ0v) is 11.8. The second kappa shape index (κ2) is 6.95. The van der Waals surface area contributed by atoms with E-state index in [0.29, 0.717) is 13.1 Å². The maximum absolute atomic E-state index is 12.0. The number of nitrogens with zero attached hydrogens (tertiary/aromatic N) is 2. The Hall–Kier alpha value is -2.02. The van der Waals surface area contributed by atoms with E-state index in [1.54, 1.807) is 4.90 Å². The minimum atomic E-state index is 0.000887. The highest BCUT2D eigenvalue weighted by Gasteiger charge is 2.22. The van der Waals surface area contributed by atoms with E-state index in [1.807, 2.05) is 24.3 Å². The average molecular weight is 272 g/mol. The lowest BCUT2D eigenvalue weighted by molar-refractivity contribution is -0.134. The number of rotatable bonds is 4. The maximum Gasteiger partial charge on any atom is 0.260 e. The molecule has 1 amide bonds. The molecule has 1 fully saturated rings. The number of aryl methyl sites for hydroxylation is 1. The molecule has 1 aromatic carbocycles. The molecule has 0 radical (unpaired) electrons. The minimum Gasteiger partial charge on any atom is -0.484 e. The molecule has 0 spiro atoms. The van der Waals surface area contributed by atoms with Gasteiger partial charge in [0.1, 0.15) is 5.75 Å². The van der Waals surface area contributed by atoms with Crippen molar-refractivity contribution in [2.45, 2.75) is 26.2 Å². The SMILES string of the molecule is CCc1ccc(OCC(=O)N2CCC(C#N)CC2)cc1. The summed E-state index contributed by atoms with van der Waals surface area (Å²) in [5.74, 6) is 0.824. The first-order valence-corrected chi connectivity index (χ1v) is 7.12. The van der Waals surface area contributed by atoms with Crippen molar-refractivity contribution >= 4 is 5.91 Å². The van der Waals surface area contributed by atoms with E-state index >= 15 is 0 Å². The van der Waals surface area contributed by atoms with Gasteiger partial charge < -0.3 is 9.64 Å². The van der Waals surface area contributed by atoms with E-state index in [1.165, 1.54) is 5.56 Å². The summed E-state index contributed by atoms with van der Waals surface area (Å²) >= 11 is 0. The Bertz CT molecular complexity index is 482. The summed E-state index contributed by atoms with van der Waals surface area (Å²) < 4.78 is 5.52. The summed E-state index contributed by atoms with van der Waals surface area (Å²) in [5.41, 5.74) is 1.25. The standard InChI is InChI=1S/C16H20N2O2/c1-2-13-3-5-15(6-4-13)20-12-16(19)18-9-7-14(11-17)8-10-18/h3-6,14H,2,7-10,12H2,1H3. The van der Waals surface area contributed by atoms with E-state index in [9.17, 15) is 4.79 Å². The summed E-state index contributed by atoms with van der Waals surface area (Å²) in [4.78, 5) is 13.8. The number of nitriles is 1. The predicted octanol–water partition coefficient (Wildman–Crippen LogP) is 2.39. The van der Waals surface area contributed by atoms with Gasteiger partial charge in [0.15, 0.2) is 6.61 Å². The summed E-state index contributed by atoms with van der Waals surface area (Å²) in [7, 11) is 0. The number of ether oxygens (including phenoxy) is 1. The van der Waals surface area contributed by atoms with Gasteiger partial charge in [-0.3, -0.25) is 4.79 Å². The molecule has 4 heteroatoms. The van der Waals surface area contributed by atoms with Crippen LogP contribution in [0.5, 0.6) is 5.75 Å². The summed E-state index contributed by atoms with van der Waals surface area (Å²) in [6.07, 6.45) is 2.54. The number of carbonyl (C=O) groups is 1. The summed E-state index contributed by atoms with van der Waals surface area (Å²) in [6, 6.07) is 10.1. The molecule has 0 unspecified atom stereocenters. The second-order valence-electron chi connectivity index (χ2n) is 5.07. The van der Waals surface area contributed by atoms with Crippen LogP contribution in [0.25, 0.3) is 0 Å². The third-order valence-corrected chi connectivity index (χ3v) is 3.72. The highest BCUT2D eigenvalue weighted by atomic mass is 16.5. The van der Waals surface area contributed by atoms with Crippen molar-refractivity contribution in [2.75, 3.05) is 19.7 Å². The van der Waals surface area contributed by atoms with Crippen LogP contribution in [0.4, 0.5) is 0 Å². The van der Waals surface area contributed by atoms with E-state index in [0.717, 1.165) is 25.0 Å². The number of likely N-dealkylation sites (tertiary alicyclic amines) is 1. The zero-order valence-electron chi connectivity index (χ0n) is 11.8. The number of carbonyl (C=O) groups excluding carboxylic acids is 1. The fourth-order valence-corrected chi connectivity index (χ4v) is 2.32. The largest absolute Gasteiger partial charge is 0.484 e. The van der Waals surface area contributed by atoms with Gasteiger partial charge in [-0.15, -0.1) is 0 Å². The molecule has 106 valence electrons. The maximum atomic E-state index is 12.0. The van der Waals surface area contributed by atoms with Crippen LogP contribution < -0.4 is 4.74 Å². The van der Waals surface area contributed by atoms with E-state index < -0.39 is 0 Å². The van der Waals surface area contributed by atoms with E-state index in [-0.39, 0.29) is 18.4 Å². The molecule has 20 heavy (non-hydrogen) atoms. The Morgan fingerprint density at radius 3 is 2.55 bits per heavy atom. The topological polar surface area (TPSA) is 53.3 Å². The lowest BCUT2D eigenvalue weighted by Crippen LogP contribution is -2.40. The fourth-order valence-electron chi connectivity index (χ4n) is 2.32. The molecule has 0 bridgehead atoms. The second-order valence-corrected chi connectivity index (χ2v) is 5.07. The van der Waals surface area contributed by atoms with Crippen LogP contribution in [0.3, 0.4) is 0 Å². The molecule has 4 nitrogen and oxygen atoms in total. The Morgan fingerprint density at radius 1 is 1.35 bits per heavy atom. The number of amides is 1. The number of piperidine rings is 1. The molecule has 0 atom stereocenters. The molecule has 1 aromatic rings. The number of hydrogen-bond acceptors (Lipinski definition) is 3. The van der Waals surface area contributed by atoms with Crippen LogP contribution in [0, 0.1) is 17.2 Å². The van der Waals surface area contributed by atoms with Crippen molar-refractivity contribution in [1.82, 2.24) is 4.90 Å². The van der Waals surface area contributed by atoms with Crippen LogP contribution in [-0.4, -0.2) is 30.5 Å². The summed E-state index contributed by atoms with van der Waals surface area (Å²) in [6.45, 7) is 3.50. The highest BCUT2D eigenvalue weighted by Crippen LogP contribution is 2.17. The van der Waals surface area contributed by atoms with Gasteiger partial charge >= 0.3 is 0 Å². The van der Waals surface area contributed by atoms with Crippen molar-refractivity contribution in [3.8, 4) is 11.8 Å². The average Bonchev–Trinajstić information content (AvgIpc) is 2.53. The van der Waals surface area contributed by atoms with Crippen molar-refractivity contribution in [3.05, 3.63) is 29.8 Å². The van der Waals surface area contributed by atoms with Crippen molar-refractivity contribution in [1.29, 1.82) is 5.26 Å². The first kappa shape index (κ1) is 14.4. The Morgan fingerprint density at radius 2 is 2.00 bits per heavy atom. The molecular formula is C16H20N2O2. The quantitative estimate of drug-likeness (QED) is 0.845. The molecule has 2 rings (SSSR count). The Labute approximate surface area is 120 Å². The molecule has 1 heterocycles. The molecule has 1 aliphatic heterocycles. The third kappa shape index (κ3) is 3.74. The van der Waals surface area contributed by atoms with Crippen molar-refractivity contribution in [3.63, 3.8) is 0 Å². The lowest BCUT2D eigenvalue weighted by atomic mass is 9.99. The van der Waals surface area contributed by atoms with Crippen LogP contribution in [0.1, 0.15) is 25.3 Å². The molecule has 1 aliphatic rings. The minimum absolute atomic E-state index is 0.000887. The first-order valence-electron chi connectivity index (χ1n) is 7.12. The van der Waals surface area contributed by atoms with Gasteiger partial charge in [0, 0.05) is 19.0 Å². The normalized spacial score (nSPS) is 15.7. The molecular weight excluding hydrogens is 252 g/mol. The highest BCUT2D eigenvalue weighted by molar-refractivity contribution is 5.77. The smallest absolute Gasteiger partial charge is 0.260 e. The van der Waals surface area contributed by atoms with Crippen molar-refractivity contribution < 1.29 is 9.53 Å². The van der Waals surface area contributed by atoms with Gasteiger partial charge in [-0.05, 0) is 37.0 Å². The van der Waals surface area contributed by atoms with Crippen LogP contribution in [0.2, 0.25) is 0 Å². The van der Waals surface area contributed by atoms with Gasteiger partial charge in [-0.25, -0.2) is 0 Å². The van der Waals surface area contributed by atoms with Gasteiger partial charge in [0.05, 0.1) is 6.07 Å². The van der Waals surface area contributed by atoms with Crippen molar-refractivity contribution in [2.24, 2.45) is 5.92 Å². The van der Waals surface area contributed by atoms with Crippen LogP contribution in [-0.2, 0) is 11.2 Å². The van der Waals surface area contributed by atoms with Crippen LogP contribution >= 0.6 is 0 Å². The van der Waals surface area contributed by atoms with Gasteiger partial charge in [-0.1, -0.05) is 19.1 Å². The number of benzene rings is 1. The van der Waals surface area contributed by atoms with Gasteiger partial charge in [0.2, 0.25) is 0 Å². The zero-order chi connectivity index (χ0) is 14.4. The molecule has 1 saturated heterocycles. The third-order valence-electron chi connectivity index (χ3n) is 3.72. The fraction of sp³-hybridized carbons (Fsp3) is 0.500. The molecule has 0 aromatic heterocycles. The molecule has 0 N–H and O–H groups in total. The monoisotopic (exact) mass is 272 g/mol. The van der Waals surface area contributed by atoms with Gasteiger partial charge in [0.25, 0.3) is 5.91 Å². The lowest BCUT2D eigenvalue weighted by Gasteiger charge is -2.29. The van der Waals surface area contributed by atoms with Crippen LogP contribution in [0.15, 0.2) is 24.3 Å². The molecule has 0 saturated carbocycles.